The van der Waals surface area contributed by atoms with Crippen LogP contribution in [0.25, 0.3) is 0 Å². The molecule has 0 saturated carbocycles. The number of benzene rings is 2. The molecule has 0 aromatic heterocycles. The maximum absolute atomic E-state index is 12.9. The van der Waals surface area contributed by atoms with Gasteiger partial charge in [0.1, 0.15) is 34.7 Å². The van der Waals surface area contributed by atoms with E-state index in [0.29, 0.717) is 12.0 Å². The highest BCUT2D eigenvalue weighted by Crippen LogP contribution is 2.45. The van der Waals surface area contributed by atoms with E-state index < -0.39 is 11.7 Å². The van der Waals surface area contributed by atoms with E-state index in [1.165, 1.54) is 6.07 Å². The van der Waals surface area contributed by atoms with Gasteiger partial charge in [-0.25, -0.2) is 0 Å². The van der Waals surface area contributed by atoms with Gasteiger partial charge < -0.3 is 25.2 Å². The zero-order valence-electron chi connectivity index (χ0n) is 19.1. The lowest BCUT2D eigenvalue weighted by atomic mass is 9.92. The molecule has 0 aliphatic carbocycles. The summed E-state index contributed by atoms with van der Waals surface area (Å²) in [4.78, 5) is 12.9. The first-order valence-corrected chi connectivity index (χ1v) is 10.9. The fraction of sp³-hybridized carbons (Fsp3) is 0.423. The molecular formula is C26H32O6. The largest absolute Gasteiger partial charge is 0.508 e. The Labute approximate surface area is 188 Å². The third-order valence-electron chi connectivity index (χ3n) is 5.88. The van der Waals surface area contributed by atoms with Crippen molar-refractivity contribution in [3.63, 3.8) is 0 Å². The van der Waals surface area contributed by atoms with Gasteiger partial charge >= 0.3 is 0 Å². The van der Waals surface area contributed by atoms with E-state index in [9.17, 15) is 25.2 Å². The van der Waals surface area contributed by atoms with Gasteiger partial charge in [-0.15, -0.1) is 0 Å². The third kappa shape index (κ3) is 5.43. The topological polar surface area (TPSA) is 107 Å². The minimum atomic E-state index is -0.704. The molecule has 3 rings (SSSR count). The van der Waals surface area contributed by atoms with Crippen molar-refractivity contribution in [1.29, 1.82) is 0 Å². The summed E-state index contributed by atoms with van der Waals surface area (Å²) in [6.07, 6.45) is 3.92. The number of hydrogen-bond acceptors (Lipinski definition) is 6. The van der Waals surface area contributed by atoms with E-state index in [-0.39, 0.29) is 52.7 Å². The maximum Gasteiger partial charge on any atom is 0.174 e. The Morgan fingerprint density at radius 2 is 1.91 bits per heavy atom. The van der Waals surface area contributed by atoms with Crippen LogP contribution in [0.4, 0.5) is 0 Å². The van der Waals surface area contributed by atoms with Gasteiger partial charge in [0.25, 0.3) is 0 Å². The van der Waals surface area contributed by atoms with E-state index in [4.69, 9.17) is 4.74 Å². The number of ketones is 1. The van der Waals surface area contributed by atoms with E-state index >= 15 is 0 Å². The maximum atomic E-state index is 12.9. The van der Waals surface area contributed by atoms with Crippen LogP contribution in [0.3, 0.4) is 0 Å². The Kier molecular flexibility index (Phi) is 6.84. The van der Waals surface area contributed by atoms with E-state index in [1.807, 2.05) is 13.0 Å². The molecule has 6 heteroatoms. The van der Waals surface area contributed by atoms with Crippen LogP contribution < -0.4 is 4.74 Å². The Bertz CT molecular complexity index is 1050. The van der Waals surface area contributed by atoms with E-state index in [2.05, 4.69) is 0 Å². The summed E-state index contributed by atoms with van der Waals surface area (Å²) in [5, 5.41) is 41.1. The minimum absolute atomic E-state index is 0.0269. The molecule has 1 heterocycles. The number of fused-ring (bicyclic) bond motifs is 1. The number of carbonyl (C=O) groups excluding carboxylic acids is 1. The fourth-order valence-corrected chi connectivity index (χ4v) is 3.89. The van der Waals surface area contributed by atoms with Crippen molar-refractivity contribution in [3.05, 3.63) is 58.2 Å². The summed E-state index contributed by atoms with van der Waals surface area (Å²) in [5.74, 6) is -0.412. The van der Waals surface area contributed by atoms with Gasteiger partial charge in [-0.05, 0) is 70.6 Å². The van der Waals surface area contributed by atoms with Crippen molar-refractivity contribution in [2.24, 2.45) is 0 Å². The highest BCUT2D eigenvalue weighted by atomic mass is 16.5. The van der Waals surface area contributed by atoms with Crippen LogP contribution in [0, 0.1) is 6.92 Å². The molecule has 6 nitrogen and oxygen atoms in total. The molecule has 0 spiro atoms. The highest BCUT2D eigenvalue weighted by molar-refractivity contribution is 6.03. The molecule has 1 aliphatic heterocycles. The summed E-state index contributed by atoms with van der Waals surface area (Å²) < 4.78 is 5.92. The molecule has 0 radical (unpaired) electrons. The Morgan fingerprint density at radius 1 is 1.19 bits per heavy atom. The SMILES string of the molecule is C/C(=C\Cc1c(O)cc2c(c1O)C(=O)C[C@@H](c1ccc(C)c(O)c1)O2)CCCC(C)(C)O. The summed E-state index contributed by atoms with van der Waals surface area (Å²) in [6, 6.07) is 6.48. The van der Waals surface area contributed by atoms with Crippen LogP contribution in [-0.2, 0) is 6.42 Å². The predicted octanol–water partition coefficient (Wildman–Crippen LogP) is 5.25. The van der Waals surface area contributed by atoms with Crippen LogP contribution in [-0.4, -0.2) is 31.8 Å². The van der Waals surface area contributed by atoms with Crippen molar-refractivity contribution < 1.29 is 30.0 Å². The van der Waals surface area contributed by atoms with Gasteiger partial charge in [0.15, 0.2) is 5.78 Å². The molecule has 1 aliphatic rings. The van der Waals surface area contributed by atoms with Crippen molar-refractivity contribution in [2.75, 3.05) is 0 Å². The summed E-state index contributed by atoms with van der Waals surface area (Å²) in [7, 11) is 0. The van der Waals surface area contributed by atoms with Gasteiger partial charge in [0.05, 0.1) is 12.0 Å². The molecule has 172 valence electrons. The standard InChI is InChI=1S/C26H32O6/c1-15(6-5-11-26(3,4)31)7-10-18-20(28)13-23-24(25(18)30)21(29)14-22(32-23)17-9-8-16(2)19(27)12-17/h7-9,12-13,22,27-28,30-31H,5-6,10-11,14H2,1-4H3/b15-7+/t22-/m0/s1. The van der Waals surface area contributed by atoms with Gasteiger partial charge in [-0.3, -0.25) is 4.79 Å². The number of rotatable bonds is 7. The van der Waals surface area contributed by atoms with Crippen molar-refractivity contribution >= 4 is 5.78 Å². The lowest BCUT2D eigenvalue weighted by Crippen LogP contribution is -2.21. The third-order valence-corrected chi connectivity index (χ3v) is 5.88. The summed E-state index contributed by atoms with van der Waals surface area (Å²) >= 11 is 0. The van der Waals surface area contributed by atoms with Crippen LogP contribution in [0.2, 0.25) is 0 Å². The zero-order valence-corrected chi connectivity index (χ0v) is 19.1. The number of aromatic hydroxyl groups is 3. The molecule has 0 bridgehead atoms. The molecule has 0 amide bonds. The first kappa shape index (κ1) is 23.7. The number of phenols is 3. The average Bonchev–Trinajstić information content (AvgIpc) is 2.68. The second-order valence-corrected chi connectivity index (χ2v) is 9.30. The molecule has 0 fully saturated rings. The number of ether oxygens (including phenoxy) is 1. The van der Waals surface area contributed by atoms with Crippen LogP contribution >= 0.6 is 0 Å². The molecule has 2 aromatic carbocycles. The van der Waals surface area contributed by atoms with E-state index in [0.717, 1.165) is 24.0 Å². The number of phenolic OH excluding ortho intramolecular Hbond substituents is 3. The smallest absolute Gasteiger partial charge is 0.174 e. The summed E-state index contributed by atoms with van der Waals surface area (Å²) in [6.45, 7) is 7.30. The molecule has 32 heavy (non-hydrogen) atoms. The van der Waals surface area contributed by atoms with Gasteiger partial charge in [0.2, 0.25) is 0 Å². The highest BCUT2D eigenvalue weighted by Gasteiger charge is 2.32. The second kappa shape index (κ2) is 9.25. The lowest BCUT2D eigenvalue weighted by molar-refractivity contribution is 0.0689. The Hall–Kier alpha value is -2.99. The van der Waals surface area contributed by atoms with Gasteiger partial charge in [-0.2, -0.15) is 0 Å². The normalized spacial score (nSPS) is 16.6. The number of Topliss-reactive ketones (excluding diaryl/α,β-unsaturated/α-hetero) is 1. The summed E-state index contributed by atoms with van der Waals surface area (Å²) in [5.41, 5.74) is 2.12. The van der Waals surface area contributed by atoms with Crippen molar-refractivity contribution in [3.8, 4) is 23.0 Å². The predicted molar refractivity (Wildman–Crippen MR) is 123 cm³/mol. The fourth-order valence-electron chi connectivity index (χ4n) is 3.89. The van der Waals surface area contributed by atoms with Crippen LogP contribution in [0.5, 0.6) is 23.0 Å². The average molecular weight is 441 g/mol. The molecule has 2 aromatic rings. The first-order valence-electron chi connectivity index (χ1n) is 10.9. The number of hydrogen-bond donors (Lipinski definition) is 4. The quantitative estimate of drug-likeness (QED) is 0.438. The van der Waals surface area contributed by atoms with Crippen molar-refractivity contribution in [2.45, 2.75) is 71.5 Å². The second-order valence-electron chi connectivity index (χ2n) is 9.30. The Balaban J connectivity index is 1.79. The number of aryl methyl sites for hydroxylation is 1. The zero-order chi connectivity index (χ0) is 23.6. The first-order chi connectivity index (χ1) is 15.0. The number of allylic oxidation sites excluding steroid dienone is 2. The van der Waals surface area contributed by atoms with Crippen LogP contribution in [0.15, 0.2) is 35.9 Å². The molecule has 0 saturated heterocycles. The minimum Gasteiger partial charge on any atom is -0.508 e. The lowest BCUT2D eigenvalue weighted by Gasteiger charge is -2.27. The number of aliphatic hydroxyl groups is 1. The molecule has 4 N–H and O–H groups in total. The van der Waals surface area contributed by atoms with Crippen LogP contribution in [0.1, 0.15) is 79.6 Å². The number of carbonyl (C=O) groups is 1. The van der Waals surface area contributed by atoms with Gasteiger partial charge in [0, 0.05) is 11.6 Å². The monoisotopic (exact) mass is 440 g/mol. The molecule has 0 unspecified atom stereocenters. The van der Waals surface area contributed by atoms with E-state index in [1.54, 1.807) is 39.0 Å². The van der Waals surface area contributed by atoms with Gasteiger partial charge in [-0.1, -0.05) is 23.8 Å². The van der Waals surface area contributed by atoms with Crippen molar-refractivity contribution in [1.82, 2.24) is 0 Å². The molecule has 1 atom stereocenters. The Morgan fingerprint density at radius 3 is 2.56 bits per heavy atom. The molecular weight excluding hydrogens is 408 g/mol.